The van der Waals surface area contributed by atoms with Crippen molar-refractivity contribution in [1.82, 2.24) is 0 Å². The summed E-state index contributed by atoms with van der Waals surface area (Å²) in [6.07, 6.45) is -1.21. The van der Waals surface area contributed by atoms with Gasteiger partial charge in [0.1, 0.15) is 17.1 Å². The van der Waals surface area contributed by atoms with E-state index in [4.69, 9.17) is 9.47 Å². The van der Waals surface area contributed by atoms with Crippen LogP contribution in [0, 0.1) is 6.92 Å². The van der Waals surface area contributed by atoms with E-state index in [0.717, 1.165) is 5.56 Å². The summed E-state index contributed by atoms with van der Waals surface area (Å²) in [5.74, 6) is -1.07. The molecule has 148 valence electrons. The number of phenolic OH excluding ortho intramolecular Hbond substituents is 1. The molecule has 0 aromatic heterocycles. The maximum absolute atomic E-state index is 13.0. The van der Waals surface area contributed by atoms with Crippen molar-refractivity contribution in [3.63, 3.8) is 0 Å². The van der Waals surface area contributed by atoms with Gasteiger partial charge in [-0.05, 0) is 36.8 Å². The van der Waals surface area contributed by atoms with Crippen molar-refractivity contribution in [2.45, 2.75) is 13.0 Å². The number of carbonyl (C=O) groups is 2. The summed E-state index contributed by atoms with van der Waals surface area (Å²) in [5, 5.41) is 12.7. The molecule has 0 saturated heterocycles. The van der Waals surface area contributed by atoms with Crippen LogP contribution in [0.5, 0.6) is 11.5 Å². The van der Waals surface area contributed by atoms with Gasteiger partial charge in [-0.1, -0.05) is 48.5 Å². The Balaban J connectivity index is 1.90. The van der Waals surface area contributed by atoms with E-state index in [2.05, 4.69) is 5.32 Å². The van der Waals surface area contributed by atoms with Gasteiger partial charge in [0.05, 0.1) is 12.8 Å². The molecule has 0 saturated carbocycles. The highest BCUT2D eigenvalue weighted by molar-refractivity contribution is 5.99. The number of ether oxygens (including phenoxy) is 2. The number of benzene rings is 3. The zero-order valence-electron chi connectivity index (χ0n) is 16.1. The molecule has 3 rings (SSSR count). The number of amides is 1. The standard InChI is InChI=1S/C23H21NO5/c1-15-12-13-20(28-2)18(14-15)24-22(26)21(16-8-4-3-5-9-16)29-23(27)17-10-6-7-11-19(17)25/h3-14,21,25H,1-2H3,(H,24,26). The van der Waals surface area contributed by atoms with Crippen molar-refractivity contribution >= 4 is 17.6 Å². The van der Waals surface area contributed by atoms with Gasteiger partial charge in [-0.2, -0.15) is 0 Å². The Kier molecular flexibility index (Phi) is 6.14. The van der Waals surface area contributed by atoms with E-state index in [0.29, 0.717) is 17.0 Å². The molecule has 2 N–H and O–H groups in total. The molecule has 1 unspecified atom stereocenters. The van der Waals surface area contributed by atoms with Gasteiger partial charge in [-0.25, -0.2) is 4.79 Å². The van der Waals surface area contributed by atoms with Crippen LogP contribution >= 0.6 is 0 Å². The first kappa shape index (κ1) is 19.9. The molecule has 0 heterocycles. The zero-order chi connectivity index (χ0) is 20.8. The molecular weight excluding hydrogens is 370 g/mol. The number of methoxy groups -OCH3 is 1. The first-order valence-electron chi connectivity index (χ1n) is 8.99. The minimum absolute atomic E-state index is 0.0191. The van der Waals surface area contributed by atoms with Crippen molar-refractivity contribution in [1.29, 1.82) is 0 Å². The van der Waals surface area contributed by atoms with E-state index in [-0.39, 0.29) is 11.3 Å². The second-order valence-electron chi connectivity index (χ2n) is 6.41. The van der Waals surface area contributed by atoms with Crippen LogP contribution in [0.3, 0.4) is 0 Å². The quantitative estimate of drug-likeness (QED) is 0.614. The number of nitrogens with one attached hydrogen (secondary N) is 1. The lowest BCUT2D eigenvalue weighted by Gasteiger charge is -2.19. The largest absolute Gasteiger partial charge is 0.507 e. The van der Waals surface area contributed by atoms with Crippen LogP contribution in [-0.2, 0) is 9.53 Å². The fourth-order valence-electron chi connectivity index (χ4n) is 2.84. The number of phenols is 1. The van der Waals surface area contributed by atoms with Crippen molar-refractivity contribution in [3.05, 3.63) is 89.5 Å². The number of para-hydroxylation sites is 1. The molecule has 3 aromatic rings. The summed E-state index contributed by atoms with van der Waals surface area (Å²) in [6.45, 7) is 1.89. The molecule has 6 heteroatoms. The van der Waals surface area contributed by atoms with Crippen LogP contribution in [0.2, 0.25) is 0 Å². The summed E-state index contributed by atoms with van der Waals surface area (Å²) in [7, 11) is 1.51. The zero-order valence-corrected chi connectivity index (χ0v) is 16.1. The molecule has 0 radical (unpaired) electrons. The van der Waals surface area contributed by atoms with Crippen LogP contribution in [0.1, 0.15) is 27.6 Å². The van der Waals surface area contributed by atoms with Gasteiger partial charge in [-0.3, -0.25) is 4.79 Å². The summed E-state index contributed by atoms with van der Waals surface area (Å²) >= 11 is 0. The molecule has 0 aliphatic heterocycles. The van der Waals surface area contributed by atoms with E-state index < -0.39 is 18.0 Å². The van der Waals surface area contributed by atoms with Gasteiger partial charge in [0.2, 0.25) is 6.10 Å². The number of hydrogen-bond acceptors (Lipinski definition) is 5. The molecule has 1 amide bonds. The lowest BCUT2D eigenvalue weighted by molar-refractivity contribution is -0.125. The summed E-state index contributed by atoms with van der Waals surface area (Å²) in [4.78, 5) is 25.6. The van der Waals surface area contributed by atoms with Gasteiger partial charge in [0.25, 0.3) is 5.91 Å². The number of hydrogen-bond donors (Lipinski definition) is 2. The predicted molar refractivity (Wildman–Crippen MR) is 109 cm³/mol. The lowest BCUT2D eigenvalue weighted by Crippen LogP contribution is -2.26. The third-order valence-electron chi connectivity index (χ3n) is 4.30. The maximum Gasteiger partial charge on any atom is 0.343 e. The maximum atomic E-state index is 13.0. The third-order valence-corrected chi connectivity index (χ3v) is 4.30. The van der Waals surface area contributed by atoms with E-state index >= 15 is 0 Å². The van der Waals surface area contributed by atoms with Gasteiger partial charge in [0, 0.05) is 5.56 Å². The van der Waals surface area contributed by atoms with Gasteiger partial charge >= 0.3 is 5.97 Å². The van der Waals surface area contributed by atoms with Crippen LogP contribution in [0.25, 0.3) is 0 Å². The van der Waals surface area contributed by atoms with Crippen molar-refractivity contribution in [2.75, 3.05) is 12.4 Å². The van der Waals surface area contributed by atoms with Crippen LogP contribution in [0.4, 0.5) is 5.69 Å². The smallest absolute Gasteiger partial charge is 0.343 e. The van der Waals surface area contributed by atoms with Gasteiger partial charge < -0.3 is 19.9 Å². The van der Waals surface area contributed by atoms with Crippen molar-refractivity contribution < 1.29 is 24.2 Å². The highest BCUT2D eigenvalue weighted by atomic mass is 16.5. The molecule has 3 aromatic carbocycles. The van der Waals surface area contributed by atoms with Gasteiger partial charge in [-0.15, -0.1) is 0 Å². The number of rotatable bonds is 6. The Morgan fingerprint density at radius 1 is 0.966 bits per heavy atom. The molecule has 6 nitrogen and oxygen atoms in total. The lowest BCUT2D eigenvalue weighted by atomic mass is 10.1. The molecule has 0 aliphatic carbocycles. The average Bonchev–Trinajstić information content (AvgIpc) is 2.73. The minimum atomic E-state index is -1.21. The van der Waals surface area contributed by atoms with Crippen molar-refractivity contribution in [2.24, 2.45) is 0 Å². The molecule has 0 spiro atoms. The SMILES string of the molecule is COc1ccc(C)cc1NC(=O)C(OC(=O)c1ccccc1O)c1ccccc1. The Bertz CT molecular complexity index is 1020. The fraction of sp³-hybridized carbons (Fsp3) is 0.130. The molecule has 0 fully saturated rings. The monoisotopic (exact) mass is 391 g/mol. The minimum Gasteiger partial charge on any atom is -0.507 e. The molecular formula is C23H21NO5. The number of aryl methyl sites for hydroxylation is 1. The third kappa shape index (κ3) is 4.73. The highest BCUT2D eigenvalue weighted by Gasteiger charge is 2.27. The van der Waals surface area contributed by atoms with E-state index in [1.807, 2.05) is 13.0 Å². The topological polar surface area (TPSA) is 84.9 Å². The van der Waals surface area contributed by atoms with Crippen LogP contribution in [0.15, 0.2) is 72.8 Å². The number of esters is 1. The average molecular weight is 391 g/mol. The van der Waals surface area contributed by atoms with Crippen LogP contribution < -0.4 is 10.1 Å². The first-order valence-corrected chi connectivity index (χ1v) is 8.99. The molecule has 29 heavy (non-hydrogen) atoms. The Hall–Kier alpha value is -3.80. The number of aromatic hydroxyl groups is 1. The highest BCUT2D eigenvalue weighted by Crippen LogP contribution is 2.28. The number of anilines is 1. The van der Waals surface area contributed by atoms with E-state index in [1.54, 1.807) is 54.6 Å². The normalized spacial score (nSPS) is 11.4. The van der Waals surface area contributed by atoms with E-state index in [1.165, 1.54) is 19.2 Å². The summed E-state index contributed by atoms with van der Waals surface area (Å²) in [6, 6.07) is 20.1. The van der Waals surface area contributed by atoms with Gasteiger partial charge in [0.15, 0.2) is 0 Å². The van der Waals surface area contributed by atoms with Crippen LogP contribution in [-0.4, -0.2) is 24.1 Å². The molecule has 0 aliphatic rings. The Labute approximate surface area is 168 Å². The predicted octanol–water partition coefficient (Wildman–Crippen LogP) is 4.25. The molecule has 0 bridgehead atoms. The number of carbonyl (C=O) groups excluding carboxylic acids is 2. The fourth-order valence-corrected chi connectivity index (χ4v) is 2.84. The van der Waals surface area contributed by atoms with E-state index in [9.17, 15) is 14.7 Å². The second-order valence-corrected chi connectivity index (χ2v) is 6.41. The molecule has 1 atom stereocenters. The second kappa shape index (κ2) is 8.93. The Morgan fingerprint density at radius 2 is 1.66 bits per heavy atom. The summed E-state index contributed by atoms with van der Waals surface area (Å²) in [5.41, 5.74) is 1.88. The first-order chi connectivity index (χ1) is 14.0. The summed E-state index contributed by atoms with van der Waals surface area (Å²) < 4.78 is 10.8. The van der Waals surface area contributed by atoms with Crippen molar-refractivity contribution in [3.8, 4) is 11.5 Å². The Morgan fingerprint density at radius 3 is 2.34 bits per heavy atom.